The van der Waals surface area contributed by atoms with Gasteiger partial charge in [0.2, 0.25) is 11.9 Å². The van der Waals surface area contributed by atoms with Crippen LogP contribution in [-0.2, 0) is 0 Å². The Morgan fingerprint density at radius 1 is 1.22 bits per heavy atom. The van der Waals surface area contributed by atoms with Crippen LogP contribution in [0.2, 0.25) is 0 Å². The lowest BCUT2D eigenvalue weighted by atomic mass is 10.1. The summed E-state index contributed by atoms with van der Waals surface area (Å²) in [5.41, 5.74) is 2.33. The number of tetrazole rings is 1. The van der Waals surface area contributed by atoms with Crippen LogP contribution in [0.1, 0.15) is 15.9 Å². The zero-order chi connectivity index (χ0) is 18.8. The molecule has 0 amide bonds. The van der Waals surface area contributed by atoms with Gasteiger partial charge in [-0.1, -0.05) is 17.8 Å². The molecule has 1 aliphatic rings. The molecule has 0 spiro atoms. The van der Waals surface area contributed by atoms with E-state index in [1.165, 1.54) is 11.8 Å². The number of thioether (sulfide) groups is 1. The molecule has 0 bridgehead atoms. The maximum Gasteiger partial charge on any atom is 0.231 e. The van der Waals surface area contributed by atoms with Crippen LogP contribution in [0.15, 0.2) is 41.6 Å². The largest absolute Gasteiger partial charge is 0.494 e. The van der Waals surface area contributed by atoms with E-state index in [0.717, 1.165) is 11.3 Å². The fourth-order valence-electron chi connectivity index (χ4n) is 2.67. The molecule has 0 radical (unpaired) electrons. The molecule has 9 heteroatoms. The molecule has 1 aromatic heterocycles. The fraction of sp³-hybridized carbons (Fsp3) is 0.222. The minimum absolute atomic E-state index is 0.0518. The van der Waals surface area contributed by atoms with E-state index in [1.807, 2.05) is 25.1 Å². The molecule has 0 aliphatic carbocycles. The van der Waals surface area contributed by atoms with Crippen LogP contribution in [0, 0.1) is 6.92 Å². The van der Waals surface area contributed by atoms with Gasteiger partial charge in [0.15, 0.2) is 17.3 Å². The van der Waals surface area contributed by atoms with Gasteiger partial charge in [-0.2, -0.15) is 4.68 Å². The van der Waals surface area contributed by atoms with E-state index in [2.05, 4.69) is 15.5 Å². The molecule has 0 saturated carbocycles. The number of carbonyl (C=O) groups excluding carboxylic acids is 1. The van der Waals surface area contributed by atoms with E-state index in [9.17, 15) is 4.79 Å². The van der Waals surface area contributed by atoms with Crippen LogP contribution in [0.5, 0.6) is 17.2 Å². The Morgan fingerprint density at radius 2 is 2.07 bits per heavy atom. The number of rotatable bonds is 6. The second-order valence-corrected chi connectivity index (χ2v) is 6.77. The van der Waals surface area contributed by atoms with Crippen LogP contribution < -0.4 is 14.2 Å². The maximum atomic E-state index is 12.5. The molecule has 2 heterocycles. The topological polar surface area (TPSA) is 88.4 Å². The van der Waals surface area contributed by atoms with Crippen molar-refractivity contribution in [2.75, 3.05) is 19.7 Å². The van der Waals surface area contributed by atoms with Crippen molar-refractivity contribution >= 4 is 17.5 Å². The standard InChI is InChI=1S/C18H16N4O4S/c1-11-3-5-15(24-2)13(7-11)22-18(19-20-21-22)27-9-14(23)12-4-6-16-17(8-12)26-10-25-16/h3-8H,9-10H2,1-2H3. The van der Waals surface area contributed by atoms with Crippen LogP contribution in [0.4, 0.5) is 0 Å². The van der Waals surface area contributed by atoms with Crippen molar-refractivity contribution in [1.82, 2.24) is 20.2 Å². The van der Waals surface area contributed by atoms with Gasteiger partial charge in [0.1, 0.15) is 11.4 Å². The lowest BCUT2D eigenvalue weighted by molar-refractivity contribution is 0.102. The maximum absolute atomic E-state index is 12.5. The SMILES string of the molecule is COc1ccc(C)cc1-n1nnnc1SCC(=O)c1ccc2c(c1)OCO2. The zero-order valence-corrected chi connectivity index (χ0v) is 15.5. The number of nitrogens with zero attached hydrogens (tertiary/aromatic N) is 4. The summed E-state index contributed by atoms with van der Waals surface area (Å²) in [6, 6.07) is 10.9. The molecule has 0 saturated heterocycles. The van der Waals surface area contributed by atoms with Crippen molar-refractivity contribution in [1.29, 1.82) is 0 Å². The lowest BCUT2D eigenvalue weighted by Gasteiger charge is -2.10. The first-order valence-corrected chi connectivity index (χ1v) is 9.13. The van der Waals surface area contributed by atoms with Crippen LogP contribution in [0.3, 0.4) is 0 Å². The number of aryl methyl sites for hydroxylation is 1. The van der Waals surface area contributed by atoms with Crippen LogP contribution in [0.25, 0.3) is 5.69 Å². The number of fused-ring (bicyclic) bond motifs is 1. The average molecular weight is 384 g/mol. The van der Waals surface area contributed by atoms with Gasteiger partial charge in [0, 0.05) is 5.56 Å². The quantitative estimate of drug-likeness (QED) is 0.473. The highest BCUT2D eigenvalue weighted by Crippen LogP contribution is 2.33. The molecule has 0 atom stereocenters. The smallest absolute Gasteiger partial charge is 0.231 e. The number of hydrogen-bond acceptors (Lipinski definition) is 8. The van der Waals surface area contributed by atoms with Gasteiger partial charge in [-0.05, 0) is 53.2 Å². The second-order valence-electron chi connectivity index (χ2n) is 5.83. The predicted octanol–water partition coefficient (Wildman–Crippen LogP) is 2.68. The summed E-state index contributed by atoms with van der Waals surface area (Å²) in [5, 5.41) is 12.3. The first-order chi connectivity index (χ1) is 13.2. The lowest BCUT2D eigenvalue weighted by Crippen LogP contribution is -2.06. The summed E-state index contributed by atoms with van der Waals surface area (Å²) >= 11 is 1.26. The first kappa shape index (κ1) is 17.3. The van der Waals surface area contributed by atoms with Gasteiger partial charge < -0.3 is 14.2 Å². The Hall–Kier alpha value is -3.07. The van der Waals surface area contributed by atoms with Crippen LogP contribution >= 0.6 is 11.8 Å². The Labute approximate surface area is 159 Å². The minimum Gasteiger partial charge on any atom is -0.494 e. The van der Waals surface area contributed by atoms with Crippen molar-refractivity contribution in [2.24, 2.45) is 0 Å². The monoisotopic (exact) mass is 384 g/mol. The zero-order valence-electron chi connectivity index (χ0n) is 14.7. The molecule has 0 unspecified atom stereocenters. The number of hydrogen-bond donors (Lipinski definition) is 0. The van der Waals surface area contributed by atoms with E-state index < -0.39 is 0 Å². The Kier molecular flexibility index (Phi) is 4.68. The van der Waals surface area contributed by atoms with Crippen molar-refractivity contribution in [2.45, 2.75) is 12.1 Å². The third kappa shape index (κ3) is 3.45. The summed E-state index contributed by atoms with van der Waals surface area (Å²) in [6.45, 7) is 2.15. The van der Waals surface area contributed by atoms with E-state index in [1.54, 1.807) is 30.0 Å². The van der Waals surface area contributed by atoms with E-state index >= 15 is 0 Å². The highest BCUT2D eigenvalue weighted by Gasteiger charge is 2.18. The predicted molar refractivity (Wildman–Crippen MR) is 98.1 cm³/mol. The third-order valence-corrected chi connectivity index (χ3v) is 4.95. The molecule has 2 aromatic carbocycles. The van der Waals surface area contributed by atoms with E-state index in [0.29, 0.717) is 28.0 Å². The molecule has 0 fully saturated rings. The molecule has 27 heavy (non-hydrogen) atoms. The fourth-order valence-corrected chi connectivity index (χ4v) is 3.45. The van der Waals surface area contributed by atoms with Crippen molar-refractivity contribution < 1.29 is 19.0 Å². The van der Waals surface area contributed by atoms with Gasteiger partial charge in [0.05, 0.1) is 12.9 Å². The molecule has 3 aromatic rings. The van der Waals surface area contributed by atoms with Crippen molar-refractivity contribution in [3.8, 4) is 22.9 Å². The summed E-state index contributed by atoms with van der Waals surface area (Å²) in [5.74, 6) is 2.02. The minimum atomic E-state index is -0.0518. The van der Waals surface area contributed by atoms with Crippen molar-refractivity contribution in [3.63, 3.8) is 0 Å². The van der Waals surface area contributed by atoms with E-state index in [4.69, 9.17) is 14.2 Å². The highest BCUT2D eigenvalue weighted by molar-refractivity contribution is 7.99. The number of Topliss-reactive ketones (excluding diaryl/α,β-unsaturated/α-hetero) is 1. The summed E-state index contributed by atoms with van der Waals surface area (Å²) in [4.78, 5) is 12.5. The van der Waals surface area contributed by atoms with Gasteiger partial charge in [-0.3, -0.25) is 4.79 Å². The highest BCUT2D eigenvalue weighted by atomic mass is 32.2. The van der Waals surface area contributed by atoms with Gasteiger partial charge >= 0.3 is 0 Å². The Bertz CT molecular complexity index is 1000. The summed E-state index contributed by atoms with van der Waals surface area (Å²) < 4.78 is 17.6. The third-order valence-electron chi connectivity index (χ3n) is 4.03. The van der Waals surface area contributed by atoms with E-state index in [-0.39, 0.29) is 18.3 Å². The Morgan fingerprint density at radius 3 is 2.93 bits per heavy atom. The normalized spacial score (nSPS) is 12.2. The number of aromatic nitrogens is 4. The summed E-state index contributed by atoms with van der Waals surface area (Å²) in [6.07, 6.45) is 0. The van der Waals surface area contributed by atoms with Crippen molar-refractivity contribution in [3.05, 3.63) is 47.5 Å². The number of methoxy groups -OCH3 is 1. The summed E-state index contributed by atoms with van der Waals surface area (Å²) in [7, 11) is 1.59. The van der Waals surface area contributed by atoms with Gasteiger partial charge in [0.25, 0.3) is 0 Å². The molecular formula is C18H16N4O4S. The molecule has 4 rings (SSSR count). The van der Waals surface area contributed by atoms with Gasteiger partial charge in [-0.15, -0.1) is 5.10 Å². The number of benzene rings is 2. The van der Waals surface area contributed by atoms with Crippen LogP contribution in [-0.4, -0.2) is 45.6 Å². The molecule has 8 nitrogen and oxygen atoms in total. The number of ether oxygens (including phenoxy) is 3. The molecule has 138 valence electrons. The second kappa shape index (κ2) is 7.28. The molecular weight excluding hydrogens is 368 g/mol. The average Bonchev–Trinajstić information content (AvgIpc) is 3.34. The molecule has 1 aliphatic heterocycles. The first-order valence-electron chi connectivity index (χ1n) is 8.15. The molecule has 0 N–H and O–H groups in total. The Balaban J connectivity index is 1.53. The number of ketones is 1. The number of carbonyl (C=O) groups is 1. The van der Waals surface area contributed by atoms with Gasteiger partial charge in [-0.25, -0.2) is 0 Å².